The van der Waals surface area contributed by atoms with Crippen LogP contribution in [0, 0.1) is 5.41 Å². The third kappa shape index (κ3) is 6.37. The molecule has 2 amide bonds. The number of rotatable bonds is 5. The Morgan fingerprint density at radius 1 is 0.923 bits per heavy atom. The molecule has 202 valence electrons. The molecule has 3 aromatic carbocycles. The van der Waals surface area contributed by atoms with E-state index in [0.717, 1.165) is 42.8 Å². The zero-order chi connectivity index (χ0) is 27.5. The number of likely N-dealkylation sites (tertiary alicyclic amines) is 1. The van der Waals surface area contributed by atoms with Gasteiger partial charge in [0.05, 0.1) is 18.1 Å². The minimum Gasteiger partial charge on any atom is -0.490 e. The number of ether oxygens (including phenoxy) is 1. The highest BCUT2D eigenvalue weighted by Gasteiger charge is 2.30. The SMILES string of the molecule is CC(=N)N1CCC(Oc2ccc(CN3C(=O)CN(C(=O)c4ccc(Cl)cc4)Cc4ccc(Cl)cc43)cc2)CC1. The van der Waals surface area contributed by atoms with Crippen LogP contribution < -0.4 is 9.64 Å². The van der Waals surface area contributed by atoms with Crippen LogP contribution in [-0.2, 0) is 17.9 Å². The number of hydrogen-bond acceptors (Lipinski definition) is 4. The van der Waals surface area contributed by atoms with Crippen molar-refractivity contribution in [1.82, 2.24) is 9.80 Å². The first-order valence-electron chi connectivity index (χ1n) is 13.0. The Labute approximate surface area is 238 Å². The first-order valence-corrected chi connectivity index (χ1v) is 13.7. The lowest BCUT2D eigenvalue weighted by Crippen LogP contribution is -2.40. The zero-order valence-electron chi connectivity index (χ0n) is 21.7. The van der Waals surface area contributed by atoms with Gasteiger partial charge in [-0.25, -0.2) is 0 Å². The average molecular weight is 566 g/mol. The minimum absolute atomic E-state index is 0.0527. The van der Waals surface area contributed by atoms with E-state index in [2.05, 4.69) is 4.90 Å². The molecule has 5 rings (SSSR count). The normalized spacial score (nSPS) is 16.1. The van der Waals surface area contributed by atoms with E-state index < -0.39 is 0 Å². The molecular formula is C30H30Cl2N4O3. The van der Waals surface area contributed by atoms with Gasteiger partial charge in [0.1, 0.15) is 18.4 Å². The number of benzene rings is 3. The molecule has 0 unspecified atom stereocenters. The Morgan fingerprint density at radius 2 is 1.59 bits per heavy atom. The molecule has 1 saturated heterocycles. The van der Waals surface area contributed by atoms with Gasteiger partial charge in [-0.1, -0.05) is 41.4 Å². The van der Waals surface area contributed by atoms with Gasteiger partial charge < -0.3 is 19.4 Å². The van der Waals surface area contributed by atoms with Crippen molar-refractivity contribution in [1.29, 1.82) is 5.41 Å². The van der Waals surface area contributed by atoms with Crippen LogP contribution >= 0.6 is 23.2 Å². The van der Waals surface area contributed by atoms with Crippen molar-refractivity contribution in [2.45, 2.75) is 39.0 Å². The number of piperidine rings is 1. The van der Waals surface area contributed by atoms with Crippen molar-refractivity contribution in [3.05, 3.63) is 93.5 Å². The Kier molecular flexibility index (Phi) is 8.10. The number of fused-ring (bicyclic) bond motifs is 1. The first-order chi connectivity index (χ1) is 18.8. The van der Waals surface area contributed by atoms with Crippen molar-refractivity contribution >= 4 is 46.5 Å². The lowest BCUT2D eigenvalue weighted by atomic mass is 10.1. The smallest absolute Gasteiger partial charge is 0.254 e. The van der Waals surface area contributed by atoms with Gasteiger partial charge in [-0.15, -0.1) is 0 Å². The van der Waals surface area contributed by atoms with Crippen molar-refractivity contribution < 1.29 is 14.3 Å². The van der Waals surface area contributed by atoms with Crippen molar-refractivity contribution in [3.8, 4) is 5.75 Å². The molecule has 0 radical (unpaired) electrons. The standard InChI is InChI=1S/C30H30Cl2N4O3/c1-20(33)34-14-12-27(13-15-34)39-26-10-2-21(3-11-26)17-36-28-16-25(32)9-6-23(28)18-35(19-29(36)37)30(38)22-4-7-24(31)8-5-22/h2-11,16,27,33H,12-15,17-19H2,1H3. The summed E-state index contributed by atoms with van der Waals surface area (Å²) in [6.45, 7) is 4.05. The number of carbonyl (C=O) groups is 2. The molecule has 0 aromatic heterocycles. The summed E-state index contributed by atoms with van der Waals surface area (Å²) >= 11 is 12.3. The van der Waals surface area contributed by atoms with E-state index in [1.54, 1.807) is 46.2 Å². The number of nitrogens with one attached hydrogen (secondary N) is 1. The van der Waals surface area contributed by atoms with Crippen LogP contribution in [-0.4, -0.2) is 53.2 Å². The fourth-order valence-corrected chi connectivity index (χ4v) is 5.31. The molecule has 0 spiro atoms. The van der Waals surface area contributed by atoms with Crippen LogP contribution in [0.3, 0.4) is 0 Å². The molecular weight excluding hydrogens is 535 g/mol. The number of halogens is 2. The number of carbonyl (C=O) groups excluding carboxylic acids is 2. The molecule has 7 nitrogen and oxygen atoms in total. The fourth-order valence-electron chi connectivity index (χ4n) is 5.02. The summed E-state index contributed by atoms with van der Waals surface area (Å²) in [5, 5.41) is 8.87. The molecule has 9 heteroatoms. The summed E-state index contributed by atoms with van der Waals surface area (Å²) in [5.41, 5.74) is 2.96. The summed E-state index contributed by atoms with van der Waals surface area (Å²) in [4.78, 5) is 32.1. The number of amides is 2. The number of hydrogen-bond donors (Lipinski definition) is 1. The van der Waals surface area contributed by atoms with Crippen molar-refractivity contribution in [3.63, 3.8) is 0 Å². The van der Waals surface area contributed by atoms with Gasteiger partial charge in [-0.2, -0.15) is 0 Å². The number of anilines is 1. The third-order valence-electron chi connectivity index (χ3n) is 7.19. The second-order valence-electron chi connectivity index (χ2n) is 9.95. The largest absolute Gasteiger partial charge is 0.490 e. The molecule has 1 N–H and O–H groups in total. The zero-order valence-corrected chi connectivity index (χ0v) is 23.2. The first kappa shape index (κ1) is 27.0. The second kappa shape index (κ2) is 11.7. The number of amidine groups is 1. The Balaban J connectivity index is 1.31. The lowest BCUT2D eigenvalue weighted by molar-refractivity contribution is -0.119. The fraction of sp³-hybridized carbons (Fsp3) is 0.300. The summed E-state index contributed by atoms with van der Waals surface area (Å²) in [6, 6.07) is 19.9. The van der Waals surface area contributed by atoms with Crippen LogP contribution in [0.1, 0.15) is 41.3 Å². The molecule has 0 saturated carbocycles. The van der Waals surface area contributed by atoms with Gasteiger partial charge >= 0.3 is 0 Å². The Hall–Kier alpha value is -3.55. The highest BCUT2D eigenvalue weighted by atomic mass is 35.5. The molecule has 39 heavy (non-hydrogen) atoms. The summed E-state index contributed by atoms with van der Waals surface area (Å²) in [5.74, 6) is 0.966. The molecule has 2 aliphatic heterocycles. The van der Waals surface area contributed by atoms with Gasteiger partial charge in [0.2, 0.25) is 5.91 Å². The van der Waals surface area contributed by atoms with Crippen LogP contribution in [0.25, 0.3) is 0 Å². The predicted molar refractivity (Wildman–Crippen MR) is 154 cm³/mol. The maximum absolute atomic E-state index is 13.5. The van der Waals surface area contributed by atoms with Gasteiger partial charge in [0.15, 0.2) is 0 Å². The van der Waals surface area contributed by atoms with Crippen LogP contribution in [0.15, 0.2) is 66.7 Å². The Morgan fingerprint density at radius 3 is 2.26 bits per heavy atom. The Bertz CT molecular complexity index is 1370. The molecule has 3 aromatic rings. The molecule has 1 fully saturated rings. The quantitative estimate of drug-likeness (QED) is 0.303. The monoisotopic (exact) mass is 564 g/mol. The van der Waals surface area contributed by atoms with Crippen molar-refractivity contribution in [2.24, 2.45) is 0 Å². The van der Waals surface area contributed by atoms with Gasteiger partial charge in [-0.3, -0.25) is 15.0 Å². The van der Waals surface area contributed by atoms with Gasteiger partial charge in [-0.05, 0) is 66.6 Å². The van der Waals surface area contributed by atoms with E-state index in [-0.39, 0.29) is 24.5 Å². The second-order valence-corrected chi connectivity index (χ2v) is 10.8. The third-order valence-corrected chi connectivity index (χ3v) is 7.68. The molecule has 2 aliphatic rings. The summed E-state index contributed by atoms with van der Waals surface area (Å²) in [7, 11) is 0. The summed E-state index contributed by atoms with van der Waals surface area (Å²) < 4.78 is 6.18. The van der Waals surface area contributed by atoms with Crippen LogP contribution in [0.5, 0.6) is 5.75 Å². The molecule has 2 heterocycles. The predicted octanol–water partition coefficient (Wildman–Crippen LogP) is 6.02. The topological polar surface area (TPSA) is 76.9 Å². The van der Waals surface area contributed by atoms with Gasteiger partial charge in [0, 0.05) is 48.1 Å². The number of nitrogens with zero attached hydrogens (tertiary/aromatic N) is 3. The maximum Gasteiger partial charge on any atom is 0.254 e. The van der Waals surface area contributed by atoms with Crippen molar-refractivity contribution in [2.75, 3.05) is 24.5 Å². The van der Waals surface area contributed by atoms with E-state index in [1.807, 2.05) is 37.3 Å². The van der Waals surface area contributed by atoms with Crippen LogP contribution in [0.2, 0.25) is 10.0 Å². The average Bonchev–Trinajstić information content (AvgIpc) is 3.06. The highest BCUT2D eigenvalue weighted by molar-refractivity contribution is 6.31. The van der Waals surface area contributed by atoms with Crippen LogP contribution in [0.4, 0.5) is 5.69 Å². The molecule has 0 bridgehead atoms. The molecule has 0 aliphatic carbocycles. The minimum atomic E-state index is -0.231. The lowest BCUT2D eigenvalue weighted by Gasteiger charge is -2.32. The van der Waals surface area contributed by atoms with E-state index >= 15 is 0 Å². The maximum atomic E-state index is 13.5. The van der Waals surface area contributed by atoms with E-state index in [0.29, 0.717) is 40.2 Å². The molecule has 0 atom stereocenters. The van der Waals surface area contributed by atoms with E-state index in [4.69, 9.17) is 33.3 Å². The van der Waals surface area contributed by atoms with E-state index in [1.165, 1.54) is 0 Å². The van der Waals surface area contributed by atoms with Gasteiger partial charge in [0.25, 0.3) is 5.91 Å². The van der Waals surface area contributed by atoms with E-state index in [9.17, 15) is 9.59 Å². The summed E-state index contributed by atoms with van der Waals surface area (Å²) in [6.07, 6.45) is 1.88. The highest BCUT2D eigenvalue weighted by Crippen LogP contribution is 2.31.